The lowest BCUT2D eigenvalue weighted by Gasteiger charge is -2.34. The maximum Gasteiger partial charge on any atom is 0.274 e. The van der Waals surface area contributed by atoms with Crippen LogP contribution in [0.3, 0.4) is 0 Å². The molecule has 7 heteroatoms. The lowest BCUT2D eigenvalue weighted by atomic mass is 10.2. The van der Waals surface area contributed by atoms with E-state index in [1.807, 2.05) is 13.8 Å². The average Bonchev–Trinajstić information content (AvgIpc) is 2.47. The highest BCUT2D eigenvalue weighted by Crippen LogP contribution is 2.18. The van der Waals surface area contributed by atoms with Crippen LogP contribution in [-0.2, 0) is 4.79 Å². The molecule has 0 atom stereocenters. The lowest BCUT2D eigenvalue weighted by Crippen LogP contribution is -2.50. The van der Waals surface area contributed by atoms with Gasteiger partial charge in [-0.15, -0.1) is 0 Å². The zero-order valence-electron chi connectivity index (χ0n) is 12.5. The van der Waals surface area contributed by atoms with E-state index in [0.29, 0.717) is 32.0 Å². The van der Waals surface area contributed by atoms with Gasteiger partial charge >= 0.3 is 0 Å². The Morgan fingerprint density at radius 1 is 1.19 bits per heavy atom. The van der Waals surface area contributed by atoms with Gasteiger partial charge in [0.25, 0.3) is 5.91 Å². The third kappa shape index (κ3) is 3.50. The van der Waals surface area contributed by atoms with Gasteiger partial charge in [0.2, 0.25) is 5.91 Å². The molecule has 1 fully saturated rings. The van der Waals surface area contributed by atoms with Crippen LogP contribution in [0.5, 0.6) is 0 Å². The average molecular weight is 311 g/mol. The zero-order valence-corrected chi connectivity index (χ0v) is 13.2. The van der Waals surface area contributed by atoms with Crippen LogP contribution in [0.1, 0.15) is 43.0 Å². The second kappa shape index (κ2) is 6.39. The van der Waals surface area contributed by atoms with E-state index in [2.05, 4.69) is 9.97 Å². The topological polar surface area (TPSA) is 66.4 Å². The van der Waals surface area contributed by atoms with E-state index >= 15 is 0 Å². The van der Waals surface area contributed by atoms with Gasteiger partial charge in [0.05, 0.1) is 11.2 Å². The molecule has 1 aromatic rings. The van der Waals surface area contributed by atoms with Crippen LogP contribution in [0.25, 0.3) is 0 Å². The molecule has 6 nitrogen and oxygen atoms in total. The molecule has 0 unspecified atom stereocenters. The van der Waals surface area contributed by atoms with Gasteiger partial charge in [-0.2, -0.15) is 0 Å². The van der Waals surface area contributed by atoms with Crippen LogP contribution in [0.15, 0.2) is 6.20 Å². The van der Waals surface area contributed by atoms with Gasteiger partial charge in [0.1, 0.15) is 5.82 Å². The fourth-order valence-electron chi connectivity index (χ4n) is 2.18. The molecule has 0 aromatic carbocycles. The largest absolute Gasteiger partial charge is 0.339 e. The van der Waals surface area contributed by atoms with Crippen LogP contribution >= 0.6 is 11.6 Å². The first-order chi connectivity index (χ1) is 9.90. The van der Waals surface area contributed by atoms with Crippen molar-refractivity contribution in [2.24, 2.45) is 0 Å². The molecule has 1 saturated heterocycles. The summed E-state index contributed by atoms with van der Waals surface area (Å²) in [5.41, 5.74) is 0.242. The Bertz CT molecular complexity index is 554. The molecule has 2 rings (SSSR count). The van der Waals surface area contributed by atoms with E-state index in [4.69, 9.17) is 11.6 Å². The van der Waals surface area contributed by atoms with Gasteiger partial charge in [-0.1, -0.05) is 25.4 Å². The van der Waals surface area contributed by atoms with Gasteiger partial charge in [-0.05, 0) is 0 Å². The summed E-state index contributed by atoms with van der Waals surface area (Å²) in [7, 11) is 0. The van der Waals surface area contributed by atoms with E-state index in [1.54, 1.807) is 9.80 Å². The predicted octanol–water partition coefficient (Wildman–Crippen LogP) is 1.56. The standard InChI is InChI=1S/C14H19ClN4O2/c1-9(2)13-16-8-11(15)12(17-13)14(21)19-6-4-18(5-7-19)10(3)20/h8-9H,4-7H2,1-3H3. The first-order valence-electron chi connectivity index (χ1n) is 6.97. The van der Waals surface area contributed by atoms with Crippen molar-refractivity contribution in [1.82, 2.24) is 19.8 Å². The maximum absolute atomic E-state index is 12.5. The summed E-state index contributed by atoms with van der Waals surface area (Å²) in [5.74, 6) is 0.560. The summed E-state index contributed by atoms with van der Waals surface area (Å²) < 4.78 is 0. The van der Waals surface area contributed by atoms with Crippen molar-refractivity contribution in [3.8, 4) is 0 Å². The van der Waals surface area contributed by atoms with Crippen LogP contribution < -0.4 is 0 Å². The van der Waals surface area contributed by atoms with E-state index in [-0.39, 0.29) is 28.4 Å². The predicted molar refractivity (Wildman–Crippen MR) is 79.3 cm³/mol. The summed E-state index contributed by atoms with van der Waals surface area (Å²) in [5, 5.41) is 0.262. The van der Waals surface area contributed by atoms with Crippen molar-refractivity contribution < 1.29 is 9.59 Å². The third-order valence-electron chi connectivity index (χ3n) is 3.49. The van der Waals surface area contributed by atoms with Crippen LogP contribution in [-0.4, -0.2) is 57.8 Å². The van der Waals surface area contributed by atoms with Crippen molar-refractivity contribution in [2.75, 3.05) is 26.2 Å². The van der Waals surface area contributed by atoms with E-state index < -0.39 is 0 Å². The number of rotatable bonds is 2. The van der Waals surface area contributed by atoms with Crippen molar-refractivity contribution in [1.29, 1.82) is 0 Å². The monoisotopic (exact) mass is 310 g/mol. The Balaban J connectivity index is 2.14. The lowest BCUT2D eigenvalue weighted by molar-refractivity contribution is -0.130. The molecule has 114 valence electrons. The minimum absolute atomic E-state index is 0.0317. The van der Waals surface area contributed by atoms with Crippen LogP contribution in [0.4, 0.5) is 0 Å². The molecule has 0 spiro atoms. The summed E-state index contributed by atoms with van der Waals surface area (Å²) in [6.07, 6.45) is 1.48. The second-order valence-electron chi connectivity index (χ2n) is 5.38. The summed E-state index contributed by atoms with van der Waals surface area (Å²) in [4.78, 5) is 35.6. The molecule has 21 heavy (non-hydrogen) atoms. The molecule has 0 aliphatic carbocycles. The fourth-order valence-corrected chi connectivity index (χ4v) is 2.36. The molecular weight excluding hydrogens is 292 g/mol. The number of aromatic nitrogens is 2. The molecule has 1 aromatic heterocycles. The molecule has 1 aliphatic rings. The Labute approximate surface area is 129 Å². The second-order valence-corrected chi connectivity index (χ2v) is 5.78. The first kappa shape index (κ1) is 15.7. The number of halogens is 1. The van der Waals surface area contributed by atoms with Gasteiger partial charge in [0, 0.05) is 39.0 Å². The SMILES string of the molecule is CC(=O)N1CCN(C(=O)c2nc(C(C)C)ncc2Cl)CC1. The molecule has 0 N–H and O–H groups in total. The smallest absolute Gasteiger partial charge is 0.274 e. The zero-order chi connectivity index (χ0) is 15.6. The highest BCUT2D eigenvalue weighted by molar-refractivity contribution is 6.33. The number of piperazine rings is 1. The Morgan fingerprint density at radius 2 is 1.76 bits per heavy atom. The van der Waals surface area contributed by atoms with Crippen LogP contribution in [0, 0.1) is 0 Å². The normalized spacial score (nSPS) is 15.5. The summed E-state index contributed by atoms with van der Waals surface area (Å²) in [6, 6.07) is 0. The third-order valence-corrected chi connectivity index (χ3v) is 3.77. The Hall–Kier alpha value is -1.69. The molecule has 2 heterocycles. The van der Waals surface area contributed by atoms with Crippen LogP contribution in [0.2, 0.25) is 5.02 Å². The number of amides is 2. The number of carbonyl (C=O) groups excluding carboxylic acids is 2. The minimum Gasteiger partial charge on any atom is -0.339 e. The van der Waals surface area contributed by atoms with Crippen molar-refractivity contribution >= 4 is 23.4 Å². The molecule has 2 amide bonds. The maximum atomic E-state index is 12.5. The molecule has 1 aliphatic heterocycles. The van der Waals surface area contributed by atoms with Crippen molar-refractivity contribution in [3.05, 3.63) is 22.7 Å². The number of carbonyl (C=O) groups is 2. The van der Waals surface area contributed by atoms with Gasteiger partial charge in [0.15, 0.2) is 5.69 Å². The summed E-state index contributed by atoms with van der Waals surface area (Å²) in [6.45, 7) is 7.53. The van der Waals surface area contributed by atoms with E-state index in [9.17, 15) is 9.59 Å². The Kier molecular flexibility index (Phi) is 4.77. The van der Waals surface area contributed by atoms with E-state index in [1.165, 1.54) is 13.1 Å². The minimum atomic E-state index is -0.201. The molecule has 0 saturated carbocycles. The number of hydrogen-bond acceptors (Lipinski definition) is 4. The number of nitrogens with zero attached hydrogens (tertiary/aromatic N) is 4. The molecular formula is C14H19ClN4O2. The summed E-state index contributed by atoms with van der Waals surface area (Å²) >= 11 is 6.06. The molecule has 0 radical (unpaired) electrons. The van der Waals surface area contributed by atoms with Crippen molar-refractivity contribution in [2.45, 2.75) is 26.7 Å². The van der Waals surface area contributed by atoms with Gasteiger partial charge < -0.3 is 9.80 Å². The van der Waals surface area contributed by atoms with Gasteiger partial charge in [-0.3, -0.25) is 9.59 Å². The number of hydrogen-bond donors (Lipinski definition) is 0. The quantitative estimate of drug-likeness (QED) is 0.831. The highest BCUT2D eigenvalue weighted by Gasteiger charge is 2.26. The first-order valence-corrected chi connectivity index (χ1v) is 7.35. The fraction of sp³-hybridized carbons (Fsp3) is 0.571. The highest BCUT2D eigenvalue weighted by atomic mass is 35.5. The van der Waals surface area contributed by atoms with Crippen molar-refractivity contribution in [3.63, 3.8) is 0 Å². The Morgan fingerprint density at radius 3 is 2.29 bits per heavy atom. The van der Waals surface area contributed by atoms with E-state index in [0.717, 1.165) is 0 Å². The molecule has 0 bridgehead atoms. The van der Waals surface area contributed by atoms with Gasteiger partial charge in [-0.25, -0.2) is 9.97 Å².